The van der Waals surface area contributed by atoms with Gasteiger partial charge in [-0.15, -0.1) is 0 Å². The van der Waals surface area contributed by atoms with E-state index in [9.17, 15) is 10.1 Å². The molecule has 2 aromatic rings. The Kier molecular flexibility index (Phi) is 3.88. The molecule has 0 atom stereocenters. The molecule has 0 saturated heterocycles. The van der Waals surface area contributed by atoms with Gasteiger partial charge in [0.25, 0.3) is 5.69 Å². The van der Waals surface area contributed by atoms with Crippen molar-refractivity contribution in [3.8, 4) is 0 Å². The van der Waals surface area contributed by atoms with Crippen molar-refractivity contribution in [1.82, 2.24) is 9.78 Å². The van der Waals surface area contributed by atoms with Crippen LogP contribution in [0.4, 0.5) is 17.1 Å². The minimum absolute atomic E-state index is 0.0776. The summed E-state index contributed by atoms with van der Waals surface area (Å²) in [7, 11) is 1.88. The van der Waals surface area contributed by atoms with E-state index in [1.54, 1.807) is 16.8 Å². The molecule has 0 fully saturated rings. The van der Waals surface area contributed by atoms with Crippen molar-refractivity contribution in [3.63, 3.8) is 0 Å². The number of nitro benzene ring substituents is 1. The first-order valence-corrected chi connectivity index (χ1v) is 6.30. The van der Waals surface area contributed by atoms with E-state index in [4.69, 9.17) is 5.73 Å². The molecule has 0 aliphatic rings. The minimum atomic E-state index is -0.491. The number of aromatic nitrogens is 2. The highest BCUT2D eigenvalue weighted by molar-refractivity contribution is 5.65. The van der Waals surface area contributed by atoms with Crippen LogP contribution >= 0.6 is 0 Å². The predicted molar refractivity (Wildman–Crippen MR) is 77.4 cm³/mol. The summed E-state index contributed by atoms with van der Waals surface area (Å²) in [5.74, 6) is 0. The average Bonchev–Trinajstić information content (AvgIpc) is 2.76. The Bertz CT molecular complexity index is 636. The van der Waals surface area contributed by atoms with Gasteiger partial charge in [-0.2, -0.15) is 5.10 Å². The van der Waals surface area contributed by atoms with Crippen LogP contribution in [0.15, 0.2) is 24.4 Å². The SMILES string of the molecule is CCc1nn(C)cc1CNc1ccc([N+](=O)[O-])c(N)c1. The van der Waals surface area contributed by atoms with Gasteiger partial charge in [0.1, 0.15) is 5.69 Å². The zero-order chi connectivity index (χ0) is 14.7. The number of anilines is 2. The van der Waals surface area contributed by atoms with Crippen LogP contribution in [-0.4, -0.2) is 14.7 Å². The van der Waals surface area contributed by atoms with Gasteiger partial charge in [-0.25, -0.2) is 0 Å². The number of nitrogens with zero attached hydrogens (tertiary/aromatic N) is 3. The molecule has 7 nitrogen and oxygen atoms in total. The molecule has 1 aromatic carbocycles. The monoisotopic (exact) mass is 275 g/mol. The lowest BCUT2D eigenvalue weighted by Crippen LogP contribution is -2.02. The van der Waals surface area contributed by atoms with E-state index in [0.29, 0.717) is 6.54 Å². The zero-order valence-corrected chi connectivity index (χ0v) is 11.5. The fourth-order valence-corrected chi connectivity index (χ4v) is 2.06. The number of nitrogens with two attached hydrogens (primary N) is 1. The smallest absolute Gasteiger partial charge is 0.292 e. The summed E-state index contributed by atoms with van der Waals surface area (Å²) in [6.07, 6.45) is 2.82. The molecule has 0 unspecified atom stereocenters. The summed E-state index contributed by atoms with van der Waals surface area (Å²) in [5.41, 5.74) is 8.62. The van der Waals surface area contributed by atoms with Crippen LogP contribution < -0.4 is 11.1 Å². The first kappa shape index (κ1) is 13.9. The Morgan fingerprint density at radius 3 is 2.85 bits per heavy atom. The topological polar surface area (TPSA) is 99.0 Å². The Morgan fingerprint density at radius 1 is 1.50 bits per heavy atom. The molecule has 1 aromatic heterocycles. The summed E-state index contributed by atoms with van der Waals surface area (Å²) in [5, 5.41) is 18.3. The van der Waals surface area contributed by atoms with Gasteiger partial charge in [-0.05, 0) is 18.6 Å². The number of hydrogen-bond acceptors (Lipinski definition) is 5. The van der Waals surface area contributed by atoms with Crippen molar-refractivity contribution < 1.29 is 4.92 Å². The summed E-state index contributed by atoms with van der Waals surface area (Å²) in [4.78, 5) is 10.2. The van der Waals surface area contributed by atoms with Crippen molar-refractivity contribution in [1.29, 1.82) is 0 Å². The predicted octanol–water partition coefficient (Wildman–Crippen LogP) is 2.08. The fraction of sp³-hybridized carbons (Fsp3) is 0.308. The zero-order valence-electron chi connectivity index (χ0n) is 11.5. The number of hydrogen-bond donors (Lipinski definition) is 2. The van der Waals surface area contributed by atoms with Gasteiger partial charge in [0.2, 0.25) is 0 Å². The third-order valence-corrected chi connectivity index (χ3v) is 3.03. The maximum Gasteiger partial charge on any atom is 0.292 e. The first-order chi connectivity index (χ1) is 9.51. The maximum absolute atomic E-state index is 10.7. The van der Waals surface area contributed by atoms with Crippen LogP contribution in [0.25, 0.3) is 0 Å². The van der Waals surface area contributed by atoms with Crippen LogP contribution in [-0.2, 0) is 20.0 Å². The second-order valence-corrected chi connectivity index (χ2v) is 4.51. The number of aryl methyl sites for hydroxylation is 2. The molecule has 7 heteroatoms. The molecule has 20 heavy (non-hydrogen) atoms. The van der Waals surface area contributed by atoms with Crippen LogP contribution in [0.1, 0.15) is 18.2 Å². The summed E-state index contributed by atoms with van der Waals surface area (Å²) in [6, 6.07) is 4.62. The quantitative estimate of drug-likeness (QED) is 0.494. The average molecular weight is 275 g/mol. The van der Waals surface area contributed by atoms with Crippen molar-refractivity contribution in [2.24, 2.45) is 7.05 Å². The van der Waals surface area contributed by atoms with Crippen LogP contribution in [0.2, 0.25) is 0 Å². The largest absolute Gasteiger partial charge is 0.393 e. The number of benzene rings is 1. The molecule has 0 aliphatic carbocycles. The summed E-state index contributed by atoms with van der Waals surface area (Å²) >= 11 is 0. The lowest BCUT2D eigenvalue weighted by atomic mass is 10.2. The highest BCUT2D eigenvalue weighted by Gasteiger charge is 2.11. The van der Waals surface area contributed by atoms with Crippen LogP contribution in [0.3, 0.4) is 0 Å². The van der Waals surface area contributed by atoms with Crippen molar-refractivity contribution in [2.45, 2.75) is 19.9 Å². The van der Waals surface area contributed by atoms with Crippen molar-refractivity contribution in [2.75, 3.05) is 11.1 Å². The van der Waals surface area contributed by atoms with Gasteiger partial charge < -0.3 is 11.1 Å². The van der Waals surface area contributed by atoms with Gasteiger partial charge in [0, 0.05) is 37.1 Å². The van der Waals surface area contributed by atoms with E-state index >= 15 is 0 Å². The lowest BCUT2D eigenvalue weighted by Gasteiger charge is -2.07. The fourth-order valence-electron chi connectivity index (χ4n) is 2.06. The number of nitro groups is 1. The van der Waals surface area contributed by atoms with E-state index < -0.39 is 4.92 Å². The third-order valence-electron chi connectivity index (χ3n) is 3.03. The first-order valence-electron chi connectivity index (χ1n) is 6.30. The summed E-state index contributed by atoms with van der Waals surface area (Å²) in [6.45, 7) is 2.66. The Hall–Kier alpha value is -2.57. The highest BCUT2D eigenvalue weighted by Crippen LogP contribution is 2.25. The maximum atomic E-state index is 10.7. The molecule has 2 rings (SSSR count). The standard InChI is InChI=1S/C13H17N5O2/c1-3-12-9(8-17(2)16-12)7-15-10-4-5-13(18(19)20)11(14)6-10/h4-6,8,15H,3,7,14H2,1-2H3. The van der Waals surface area contributed by atoms with Crippen LogP contribution in [0.5, 0.6) is 0 Å². The minimum Gasteiger partial charge on any atom is -0.393 e. The van der Waals surface area contributed by atoms with E-state index in [1.165, 1.54) is 6.07 Å². The summed E-state index contributed by atoms with van der Waals surface area (Å²) < 4.78 is 1.78. The highest BCUT2D eigenvalue weighted by atomic mass is 16.6. The molecular formula is C13H17N5O2. The molecule has 0 spiro atoms. The normalized spacial score (nSPS) is 10.5. The molecule has 0 radical (unpaired) electrons. The lowest BCUT2D eigenvalue weighted by molar-refractivity contribution is -0.383. The number of nitrogen functional groups attached to an aromatic ring is 1. The molecule has 0 amide bonds. The van der Waals surface area contributed by atoms with Gasteiger partial charge in [-0.1, -0.05) is 6.92 Å². The second-order valence-electron chi connectivity index (χ2n) is 4.51. The Labute approximate surface area is 116 Å². The third kappa shape index (κ3) is 2.87. The Balaban J connectivity index is 2.11. The second kappa shape index (κ2) is 5.60. The van der Waals surface area contributed by atoms with Crippen molar-refractivity contribution in [3.05, 3.63) is 45.8 Å². The molecule has 0 saturated carbocycles. The Morgan fingerprint density at radius 2 is 2.25 bits per heavy atom. The number of nitrogens with one attached hydrogen (secondary N) is 1. The van der Waals surface area contributed by atoms with E-state index in [0.717, 1.165) is 23.4 Å². The molecule has 0 aliphatic heterocycles. The molecule has 0 bridgehead atoms. The van der Waals surface area contributed by atoms with Gasteiger partial charge >= 0.3 is 0 Å². The molecular weight excluding hydrogens is 258 g/mol. The van der Waals surface area contributed by atoms with E-state index in [1.807, 2.05) is 13.2 Å². The van der Waals surface area contributed by atoms with Gasteiger partial charge in [0.05, 0.1) is 10.6 Å². The van der Waals surface area contributed by atoms with E-state index in [2.05, 4.69) is 17.3 Å². The van der Waals surface area contributed by atoms with Gasteiger partial charge in [0.15, 0.2) is 0 Å². The molecule has 1 heterocycles. The van der Waals surface area contributed by atoms with E-state index in [-0.39, 0.29) is 11.4 Å². The molecule has 106 valence electrons. The number of rotatable bonds is 5. The van der Waals surface area contributed by atoms with Crippen molar-refractivity contribution >= 4 is 17.1 Å². The molecule has 3 N–H and O–H groups in total. The van der Waals surface area contributed by atoms with Gasteiger partial charge in [-0.3, -0.25) is 14.8 Å². The van der Waals surface area contributed by atoms with Crippen LogP contribution in [0, 0.1) is 10.1 Å².